The van der Waals surface area contributed by atoms with Crippen molar-refractivity contribution in [3.63, 3.8) is 0 Å². The molecule has 0 aromatic carbocycles. The SMILES string of the molecule is Cc1cc(CNC2CCCNC(=O)C2)on1. The predicted octanol–water partition coefficient (Wildman–Crippen LogP) is 0.741. The summed E-state index contributed by atoms with van der Waals surface area (Å²) < 4.78 is 5.10. The van der Waals surface area contributed by atoms with Crippen molar-refractivity contribution in [2.24, 2.45) is 0 Å². The second kappa shape index (κ2) is 5.12. The van der Waals surface area contributed by atoms with E-state index in [4.69, 9.17) is 4.52 Å². The highest BCUT2D eigenvalue weighted by Crippen LogP contribution is 2.08. The molecule has 1 atom stereocenters. The molecule has 0 bridgehead atoms. The van der Waals surface area contributed by atoms with Crippen molar-refractivity contribution >= 4 is 5.91 Å². The van der Waals surface area contributed by atoms with Gasteiger partial charge in [-0.15, -0.1) is 0 Å². The van der Waals surface area contributed by atoms with Crippen LogP contribution in [0.2, 0.25) is 0 Å². The Morgan fingerprint density at radius 2 is 2.56 bits per heavy atom. The average Bonchev–Trinajstić information content (AvgIpc) is 2.55. The number of aryl methyl sites for hydroxylation is 1. The molecule has 0 spiro atoms. The predicted molar refractivity (Wildman–Crippen MR) is 58.7 cm³/mol. The third-order valence-corrected chi connectivity index (χ3v) is 2.73. The Morgan fingerprint density at radius 1 is 1.69 bits per heavy atom. The quantitative estimate of drug-likeness (QED) is 0.793. The molecule has 1 fully saturated rings. The molecule has 2 N–H and O–H groups in total. The number of hydrogen-bond acceptors (Lipinski definition) is 4. The Hall–Kier alpha value is -1.36. The van der Waals surface area contributed by atoms with Crippen LogP contribution in [-0.2, 0) is 11.3 Å². The lowest BCUT2D eigenvalue weighted by Crippen LogP contribution is -2.32. The largest absolute Gasteiger partial charge is 0.360 e. The number of carbonyl (C=O) groups is 1. The van der Waals surface area contributed by atoms with Gasteiger partial charge in [-0.05, 0) is 19.8 Å². The first kappa shape index (κ1) is 11.1. The van der Waals surface area contributed by atoms with Crippen molar-refractivity contribution in [3.05, 3.63) is 17.5 Å². The number of hydrogen-bond donors (Lipinski definition) is 2. The molecule has 0 radical (unpaired) electrons. The number of nitrogens with one attached hydrogen (secondary N) is 2. The van der Waals surface area contributed by atoms with Crippen molar-refractivity contribution in [2.75, 3.05) is 6.54 Å². The Labute approximate surface area is 94.6 Å². The van der Waals surface area contributed by atoms with Crippen LogP contribution in [0.3, 0.4) is 0 Å². The molecule has 1 amide bonds. The normalized spacial score (nSPS) is 21.6. The third-order valence-electron chi connectivity index (χ3n) is 2.73. The van der Waals surface area contributed by atoms with Gasteiger partial charge in [-0.25, -0.2) is 0 Å². The van der Waals surface area contributed by atoms with Gasteiger partial charge in [0.1, 0.15) is 0 Å². The number of rotatable bonds is 3. The van der Waals surface area contributed by atoms with Gasteiger partial charge >= 0.3 is 0 Å². The number of nitrogens with zero attached hydrogens (tertiary/aromatic N) is 1. The zero-order valence-electron chi connectivity index (χ0n) is 9.45. The van der Waals surface area contributed by atoms with Gasteiger partial charge in [0.15, 0.2) is 5.76 Å². The van der Waals surface area contributed by atoms with Crippen LogP contribution in [0.15, 0.2) is 10.6 Å². The molecule has 1 aliphatic rings. The van der Waals surface area contributed by atoms with Gasteiger partial charge in [-0.1, -0.05) is 5.16 Å². The Balaban J connectivity index is 1.82. The number of aromatic nitrogens is 1. The monoisotopic (exact) mass is 223 g/mol. The minimum Gasteiger partial charge on any atom is -0.360 e. The molecule has 1 aromatic rings. The molecule has 1 aliphatic heterocycles. The molecule has 1 aromatic heterocycles. The standard InChI is InChI=1S/C11H17N3O2/c1-8-5-10(16-14-8)7-13-9-3-2-4-12-11(15)6-9/h5,9,13H,2-4,6-7H2,1H3,(H,12,15). The molecule has 5 nitrogen and oxygen atoms in total. The van der Waals surface area contributed by atoms with Crippen LogP contribution in [0.1, 0.15) is 30.7 Å². The topological polar surface area (TPSA) is 67.2 Å². The maximum absolute atomic E-state index is 11.3. The minimum atomic E-state index is 0.128. The molecular weight excluding hydrogens is 206 g/mol. The summed E-state index contributed by atoms with van der Waals surface area (Å²) in [5.74, 6) is 0.950. The first-order chi connectivity index (χ1) is 7.74. The van der Waals surface area contributed by atoms with Gasteiger partial charge in [-0.2, -0.15) is 0 Å². The zero-order valence-corrected chi connectivity index (χ0v) is 9.45. The fraction of sp³-hybridized carbons (Fsp3) is 0.636. The Kier molecular flexibility index (Phi) is 3.56. The summed E-state index contributed by atoms with van der Waals surface area (Å²) in [7, 11) is 0. The van der Waals surface area contributed by atoms with E-state index in [0.29, 0.717) is 13.0 Å². The smallest absolute Gasteiger partial charge is 0.221 e. The van der Waals surface area contributed by atoms with E-state index in [1.807, 2.05) is 13.0 Å². The van der Waals surface area contributed by atoms with Gasteiger partial charge in [0, 0.05) is 25.1 Å². The fourth-order valence-electron chi connectivity index (χ4n) is 1.89. The maximum Gasteiger partial charge on any atom is 0.221 e. The maximum atomic E-state index is 11.3. The molecule has 2 rings (SSSR count). The fourth-order valence-corrected chi connectivity index (χ4v) is 1.89. The number of carbonyl (C=O) groups excluding carboxylic acids is 1. The van der Waals surface area contributed by atoms with E-state index in [9.17, 15) is 4.79 Å². The summed E-state index contributed by atoms with van der Waals surface area (Å²) in [6, 6.07) is 2.15. The molecule has 1 saturated heterocycles. The van der Waals surface area contributed by atoms with Crippen molar-refractivity contribution in [1.29, 1.82) is 0 Å². The zero-order chi connectivity index (χ0) is 11.4. The van der Waals surface area contributed by atoms with E-state index in [1.165, 1.54) is 0 Å². The lowest BCUT2D eigenvalue weighted by atomic mass is 10.1. The van der Waals surface area contributed by atoms with E-state index in [1.54, 1.807) is 0 Å². The van der Waals surface area contributed by atoms with Gasteiger partial charge in [0.25, 0.3) is 0 Å². The van der Waals surface area contributed by atoms with Crippen LogP contribution in [0.4, 0.5) is 0 Å². The minimum absolute atomic E-state index is 0.128. The van der Waals surface area contributed by atoms with E-state index >= 15 is 0 Å². The van der Waals surface area contributed by atoms with Gasteiger partial charge in [-0.3, -0.25) is 4.79 Å². The molecule has 88 valence electrons. The van der Waals surface area contributed by atoms with E-state index in [2.05, 4.69) is 15.8 Å². The third kappa shape index (κ3) is 3.06. The average molecular weight is 223 g/mol. The van der Waals surface area contributed by atoms with Gasteiger partial charge < -0.3 is 15.2 Å². The van der Waals surface area contributed by atoms with E-state index in [-0.39, 0.29) is 11.9 Å². The van der Waals surface area contributed by atoms with Gasteiger partial charge in [0.2, 0.25) is 5.91 Å². The molecule has 0 aliphatic carbocycles. The summed E-state index contributed by atoms with van der Waals surface area (Å²) in [5.41, 5.74) is 0.885. The Bertz CT molecular complexity index is 362. The second-order valence-electron chi connectivity index (χ2n) is 4.21. The van der Waals surface area contributed by atoms with Crippen molar-refractivity contribution in [3.8, 4) is 0 Å². The van der Waals surface area contributed by atoms with Crippen LogP contribution in [0.25, 0.3) is 0 Å². The molecule has 2 heterocycles. The first-order valence-electron chi connectivity index (χ1n) is 5.66. The van der Waals surface area contributed by atoms with Crippen LogP contribution < -0.4 is 10.6 Å². The van der Waals surface area contributed by atoms with Crippen molar-refractivity contribution in [1.82, 2.24) is 15.8 Å². The lowest BCUT2D eigenvalue weighted by Gasteiger charge is -2.13. The highest BCUT2D eigenvalue weighted by Gasteiger charge is 2.17. The van der Waals surface area contributed by atoms with Crippen LogP contribution in [0.5, 0.6) is 0 Å². The second-order valence-corrected chi connectivity index (χ2v) is 4.21. The highest BCUT2D eigenvalue weighted by molar-refractivity contribution is 5.76. The molecular formula is C11H17N3O2. The molecule has 16 heavy (non-hydrogen) atoms. The summed E-state index contributed by atoms with van der Waals surface area (Å²) in [6.07, 6.45) is 2.60. The number of amides is 1. The molecule has 1 unspecified atom stereocenters. The highest BCUT2D eigenvalue weighted by atomic mass is 16.5. The summed E-state index contributed by atoms with van der Waals surface area (Å²) in [6.45, 7) is 3.32. The van der Waals surface area contributed by atoms with Crippen LogP contribution >= 0.6 is 0 Å². The molecule has 5 heteroatoms. The van der Waals surface area contributed by atoms with E-state index < -0.39 is 0 Å². The summed E-state index contributed by atoms with van der Waals surface area (Å²) >= 11 is 0. The van der Waals surface area contributed by atoms with Gasteiger partial charge in [0.05, 0.1) is 12.2 Å². The summed E-state index contributed by atoms with van der Waals surface area (Å²) in [5, 5.41) is 10.0. The lowest BCUT2D eigenvalue weighted by molar-refractivity contribution is -0.121. The Morgan fingerprint density at radius 3 is 3.31 bits per heavy atom. The van der Waals surface area contributed by atoms with Crippen molar-refractivity contribution in [2.45, 2.75) is 38.8 Å². The van der Waals surface area contributed by atoms with Crippen molar-refractivity contribution < 1.29 is 9.32 Å². The summed E-state index contributed by atoms with van der Waals surface area (Å²) in [4.78, 5) is 11.3. The van der Waals surface area contributed by atoms with Crippen LogP contribution in [0, 0.1) is 6.92 Å². The molecule has 0 saturated carbocycles. The first-order valence-corrected chi connectivity index (χ1v) is 5.66. The van der Waals surface area contributed by atoms with E-state index in [0.717, 1.165) is 30.8 Å². The van der Waals surface area contributed by atoms with Crippen LogP contribution in [-0.4, -0.2) is 23.7 Å².